The molecule has 2 fully saturated rings. The lowest BCUT2D eigenvalue weighted by Gasteiger charge is -2.39. The van der Waals surface area contributed by atoms with Gasteiger partial charge < -0.3 is 9.30 Å². The molecule has 0 spiro atoms. The minimum atomic E-state index is 0.592. The Morgan fingerprint density at radius 2 is 1.88 bits per heavy atom. The first-order chi connectivity index (χ1) is 12.9. The van der Waals surface area contributed by atoms with Gasteiger partial charge in [-0.2, -0.15) is 0 Å². The Hall–Kier alpha value is -2.47. The zero-order chi connectivity index (χ0) is 17.3. The van der Waals surface area contributed by atoms with Crippen molar-refractivity contribution in [1.82, 2.24) is 24.3 Å². The highest BCUT2D eigenvalue weighted by molar-refractivity contribution is 5.42. The summed E-state index contributed by atoms with van der Waals surface area (Å²) in [5.74, 6) is 1.10. The molecule has 1 aliphatic carbocycles. The molecule has 6 nitrogen and oxygen atoms in total. The van der Waals surface area contributed by atoms with Crippen molar-refractivity contribution in [3.63, 3.8) is 0 Å². The van der Waals surface area contributed by atoms with Gasteiger partial charge in [0.1, 0.15) is 17.8 Å². The van der Waals surface area contributed by atoms with Crippen LogP contribution in [0.5, 0.6) is 0 Å². The summed E-state index contributed by atoms with van der Waals surface area (Å²) in [6.07, 6.45) is 12.7. The van der Waals surface area contributed by atoms with Crippen molar-refractivity contribution in [2.75, 3.05) is 18.0 Å². The summed E-state index contributed by atoms with van der Waals surface area (Å²) < 4.78 is 2.10. The number of pyridine rings is 1. The van der Waals surface area contributed by atoms with Crippen LogP contribution in [0.15, 0.2) is 49.2 Å². The first-order valence-corrected chi connectivity index (χ1v) is 9.56. The van der Waals surface area contributed by atoms with Gasteiger partial charge in [0.25, 0.3) is 0 Å². The predicted molar refractivity (Wildman–Crippen MR) is 101 cm³/mol. The molecule has 1 aliphatic heterocycles. The van der Waals surface area contributed by atoms with Gasteiger partial charge in [-0.3, -0.25) is 4.90 Å². The highest BCUT2D eigenvalue weighted by Crippen LogP contribution is 2.35. The number of nitrogens with zero attached hydrogens (tertiary/aromatic N) is 6. The Morgan fingerprint density at radius 3 is 2.62 bits per heavy atom. The van der Waals surface area contributed by atoms with Crippen LogP contribution in [0.25, 0.3) is 5.65 Å². The minimum Gasteiger partial charge on any atom is -0.350 e. The Labute approximate surface area is 153 Å². The van der Waals surface area contributed by atoms with E-state index in [1.54, 1.807) is 6.33 Å². The Morgan fingerprint density at radius 1 is 1.04 bits per heavy atom. The third-order valence-electron chi connectivity index (χ3n) is 5.52. The molecule has 0 amide bonds. The molecule has 0 unspecified atom stereocenters. The molecule has 134 valence electrons. The van der Waals surface area contributed by atoms with Crippen molar-refractivity contribution in [1.29, 1.82) is 0 Å². The van der Waals surface area contributed by atoms with E-state index in [1.807, 2.05) is 18.3 Å². The minimum absolute atomic E-state index is 0.592. The summed E-state index contributed by atoms with van der Waals surface area (Å²) in [5, 5.41) is 0. The normalized spacial score (nSPS) is 19.1. The molecule has 6 heteroatoms. The molecular weight excluding hydrogens is 324 g/mol. The summed E-state index contributed by atoms with van der Waals surface area (Å²) in [4.78, 5) is 18.4. The van der Waals surface area contributed by atoms with Crippen LogP contribution in [0.3, 0.4) is 0 Å². The van der Waals surface area contributed by atoms with Gasteiger partial charge in [0.15, 0.2) is 0 Å². The van der Waals surface area contributed by atoms with E-state index in [0.717, 1.165) is 36.8 Å². The van der Waals surface area contributed by atoms with E-state index in [1.165, 1.54) is 25.7 Å². The molecule has 0 radical (unpaired) electrons. The molecule has 1 saturated heterocycles. The van der Waals surface area contributed by atoms with Crippen molar-refractivity contribution in [2.45, 2.75) is 44.3 Å². The molecule has 0 atom stereocenters. The van der Waals surface area contributed by atoms with Crippen LogP contribution in [0, 0.1) is 0 Å². The molecule has 3 aromatic heterocycles. The molecule has 0 N–H and O–H groups in total. The van der Waals surface area contributed by atoms with Crippen LogP contribution in [0.4, 0.5) is 5.82 Å². The molecular formula is C20H24N6. The number of hydrogen-bond acceptors (Lipinski definition) is 5. The van der Waals surface area contributed by atoms with Crippen molar-refractivity contribution < 1.29 is 0 Å². The van der Waals surface area contributed by atoms with Crippen molar-refractivity contribution in [3.05, 3.63) is 54.9 Å². The van der Waals surface area contributed by atoms with Gasteiger partial charge in [0, 0.05) is 50.3 Å². The van der Waals surface area contributed by atoms with Gasteiger partial charge in [-0.05, 0) is 43.9 Å². The fourth-order valence-corrected chi connectivity index (χ4v) is 4.11. The molecule has 2 aliphatic rings. The van der Waals surface area contributed by atoms with E-state index in [0.29, 0.717) is 12.1 Å². The standard InChI is InChI=1S/C20H24N6/c1-2-10-25-14-16(23-20(25)3-1)13-24-11-7-18(8-12-24)26(17-4-5-17)19-6-9-21-15-22-19/h1-3,6,9-10,14-15,17-18H,4-5,7-8,11-13H2. The molecule has 4 heterocycles. The van der Waals surface area contributed by atoms with E-state index >= 15 is 0 Å². The fraction of sp³-hybridized carbons (Fsp3) is 0.450. The third kappa shape index (κ3) is 3.17. The average Bonchev–Trinajstić information content (AvgIpc) is 3.43. The SMILES string of the molecule is c1ccn2cc(CN3CCC(N(c4ccncn4)C4CC4)CC3)nc2c1. The lowest BCUT2D eigenvalue weighted by Crippen LogP contribution is -2.46. The monoisotopic (exact) mass is 348 g/mol. The van der Waals surface area contributed by atoms with Crippen LogP contribution < -0.4 is 4.90 Å². The molecule has 0 bridgehead atoms. The summed E-state index contributed by atoms with van der Waals surface area (Å²) >= 11 is 0. The highest BCUT2D eigenvalue weighted by Gasteiger charge is 2.36. The first-order valence-electron chi connectivity index (χ1n) is 9.56. The lowest BCUT2D eigenvalue weighted by molar-refractivity contribution is 0.198. The van der Waals surface area contributed by atoms with Crippen LogP contribution in [-0.2, 0) is 6.54 Å². The van der Waals surface area contributed by atoms with Gasteiger partial charge in [0.2, 0.25) is 0 Å². The second-order valence-corrected chi connectivity index (χ2v) is 7.41. The fourth-order valence-electron chi connectivity index (χ4n) is 4.11. The Balaban J connectivity index is 1.24. The molecule has 1 saturated carbocycles. The number of hydrogen-bond donors (Lipinski definition) is 0. The summed E-state index contributed by atoms with van der Waals surface area (Å²) in [6.45, 7) is 3.17. The van der Waals surface area contributed by atoms with Gasteiger partial charge in [-0.1, -0.05) is 6.07 Å². The van der Waals surface area contributed by atoms with E-state index in [9.17, 15) is 0 Å². The first kappa shape index (κ1) is 15.8. The van der Waals surface area contributed by atoms with Crippen molar-refractivity contribution >= 4 is 11.5 Å². The summed E-state index contributed by atoms with van der Waals surface area (Å²) in [5.41, 5.74) is 2.19. The topological polar surface area (TPSA) is 49.6 Å². The van der Waals surface area contributed by atoms with Crippen LogP contribution in [0.2, 0.25) is 0 Å². The quantitative estimate of drug-likeness (QED) is 0.710. The number of rotatable bonds is 5. The van der Waals surface area contributed by atoms with Gasteiger partial charge in [-0.15, -0.1) is 0 Å². The smallest absolute Gasteiger partial charge is 0.137 e. The third-order valence-corrected chi connectivity index (χ3v) is 5.52. The van der Waals surface area contributed by atoms with Crippen LogP contribution >= 0.6 is 0 Å². The second kappa shape index (κ2) is 6.68. The van der Waals surface area contributed by atoms with Crippen LogP contribution in [-0.4, -0.2) is 49.4 Å². The molecule has 5 rings (SSSR count). The van der Waals surface area contributed by atoms with Gasteiger partial charge in [0.05, 0.1) is 5.69 Å². The van der Waals surface area contributed by atoms with E-state index in [4.69, 9.17) is 4.98 Å². The number of piperidine rings is 1. The highest BCUT2D eigenvalue weighted by atomic mass is 15.3. The maximum atomic E-state index is 4.74. The Kier molecular flexibility index (Phi) is 4.05. The molecule has 0 aromatic carbocycles. The average molecular weight is 348 g/mol. The van der Waals surface area contributed by atoms with Crippen molar-refractivity contribution in [2.24, 2.45) is 0 Å². The van der Waals surface area contributed by atoms with Crippen LogP contribution in [0.1, 0.15) is 31.4 Å². The number of aromatic nitrogens is 4. The van der Waals surface area contributed by atoms with E-state index < -0.39 is 0 Å². The largest absolute Gasteiger partial charge is 0.350 e. The predicted octanol–water partition coefficient (Wildman–Crippen LogP) is 2.76. The zero-order valence-corrected chi connectivity index (χ0v) is 14.9. The Bertz CT molecular complexity index is 831. The molecule has 26 heavy (non-hydrogen) atoms. The summed E-state index contributed by atoms with van der Waals surface area (Å²) in [7, 11) is 0. The van der Waals surface area contributed by atoms with Gasteiger partial charge >= 0.3 is 0 Å². The van der Waals surface area contributed by atoms with E-state index in [-0.39, 0.29) is 0 Å². The maximum absolute atomic E-state index is 4.74. The number of imidazole rings is 1. The maximum Gasteiger partial charge on any atom is 0.137 e. The zero-order valence-electron chi connectivity index (χ0n) is 14.9. The van der Waals surface area contributed by atoms with Gasteiger partial charge in [-0.25, -0.2) is 15.0 Å². The number of fused-ring (bicyclic) bond motifs is 1. The molecule has 3 aromatic rings. The second-order valence-electron chi connectivity index (χ2n) is 7.41. The summed E-state index contributed by atoms with van der Waals surface area (Å²) in [6, 6.07) is 9.47. The lowest BCUT2D eigenvalue weighted by atomic mass is 10.0. The van der Waals surface area contributed by atoms with E-state index in [2.05, 4.69) is 48.7 Å². The number of anilines is 1. The number of likely N-dealkylation sites (tertiary alicyclic amines) is 1. The van der Waals surface area contributed by atoms with Crippen molar-refractivity contribution in [3.8, 4) is 0 Å².